The van der Waals surface area contributed by atoms with Gasteiger partial charge in [0.25, 0.3) is 0 Å². The molecule has 0 radical (unpaired) electrons. The van der Waals surface area contributed by atoms with Crippen LogP contribution >= 0.6 is 11.8 Å². The van der Waals surface area contributed by atoms with Gasteiger partial charge in [-0.2, -0.15) is 0 Å². The first-order valence-corrected chi connectivity index (χ1v) is 10.3. The van der Waals surface area contributed by atoms with Crippen LogP contribution in [-0.4, -0.2) is 60.9 Å². The van der Waals surface area contributed by atoms with Gasteiger partial charge in [0.15, 0.2) is 15.0 Å². The lowest BCUT2D eigenvalue weighted by molar-refractivity contribution is -0.119. The summed E-state index contributed by atoms with van der Waals surface area (Å²) < 4.78 is 30.0. The van der Waals surface area contributed by atoms with Crippen molar-refractivity contribution in [2.75, 3.05) is 31.0 Å². The second-order valence-corrected chi connectivity index (χ2v) is 8.84. The molecule has 0 saturated carbocycles. The molecule has 1 saturated heterocycles. The predicted molar refractivity (Wildman–Crippen MR) is 89.5 cm³/mol. The highest BCUT2D eigenvalue weighted by Gasteiger charge is 2.28. The first-order chi connectivity index (χ1) is 10.8. The molecule has 1 amide bonds. The number of amides is 1. The first-order valence-electron chi connectivity index (χ1n) is 7.47. The molecule has 1 fully saturated rings. The van der Waals surface area contributed by atoms with Gasteiger partial charge in [0.05, 0.1) is 29.6 Å². The van der Waals surface area contributed by atoms with Crippen LogP contribution in [0.1, 0.15) is 17.8 Å². The zero-order valence-corrected chi connectivity index (χ0v) is 15.3. The van der Waals surface area contributed by atoms with Gasteiger partial charge in [-0.1, -0.05) is 11.8 Å². The molecule has 1 aromatic heterocycles. The third kappa shape index (κ3) is 4.95. The number of carbonyl (C=O) groups excluding carboxylic acids is 1. The molecule has 2 rings (SSSR count). The molecule has 1 aromatic rings. The lowest BCUT2D eigenvalue weighted by Gasteiger charge is -2.11. The summed E-state index contributed by atoms with van der Waals surface area (Å²) in [6.45, 7) is 5.20. The van der Waals surface area contributed by atoms with Crippen LogP contribution in [0.3, 0.4) is 0 Å². The first kappa shape index (κ1) is 18.3. The van der Waals surface area contributed by atoms with Crippen molar-refractivity contribution >= 4 is 27.5 Å². The van der Waals surface area contributed by atoms with Crippen LogP contribution in [0.5, 0.6) is 0 Å². The highest BCUT2D eigenvalue weighted by Crippen LogP contribution is 2.21. The zero-order chi connectivity index (χ0) is 17.0. The largest absolute Gasteiger partial charge is 0.383 e. The van der Waals surface area contributed by atoms with Gasteiger partial charge in [-0.25, -0.2) is 13.4 Å². The van der Waals surface area contributed by atoms with Crippen LogP contribution in [0.15, 0.2) is 5.16 Å². The van der Waals surface area contributed by atoms with Gasteiger partial charge in [-0.3, -0.25) is 4.79 Å². The normalized spacial score (nSPS) is 19.9. The number of imidazole rings is 1. The molecule has 1 aliphatic heterocycles. The van der Waals surface area contributed by atoms with Crippen LogP contribution < -0.4 is 5.32 Å². The summed E-state index contributed by atoms with van der Waals surface area (Å²) in [5.74, 6) is 0.266. The van der Waals surface area contributed by atoms with Gasteiger partial charge in [0.2, 0.25) is 5.91 Å². The number of ether oxygens (including phenoxy) is 1. The highest BCUT2D eigenvalue weighted by atomic mass is 32.2. The average molecular weight is 361 g/mol. The second-order valence-electron chi connectivity index (χ2n) is 5.67. The Labute approximate surface area is 141 Å². The maximum Gasteiger partial charge on any atom is 0.230 e. The maximum atomic E-state index is 12.0. The summed E-state index contributed by atoms with van der Waals surface area (Å²) in [4.78, 5) is 16.5. The van der Waals surface area contributed by atoms with Gasteiger partial charge in [-0.15, -0.1) is 0 Å². The fourth-order valence-electron chi connectivity index (χ4n) is 2.49. The third-order valence-electron chi connectivity index (χ3n) is 3.87. The van der Waals surface area contributed by atoms with Crippen LogP contribution in [-0.2, 0) is 25.9 Å². The Bertz CT molecular complexity index is 670. The van der Waals surface area contributed by atoms with Gasteiger partial charge in [0, 0.05) is 25.4 Å². The zero-order valence-electron chi connectivity index (χ0n) is 13.7. The summed E-state index contributed by atoms with van der Waals surface area (Å²) >= 11 is 1.36. The van der Waals surface area contributed by atoms with Crippen molar-refractivity contribution in [3.63, 3.8) is 0 Å². The molecule has 7 nitrogen and oxygen atoms in total. The van der Waals surface area contributed by atoms with E-state index >= 15 is 0 Å². The fourth-order valence-corrected chi connectivity index (χ4v) is 5.09. The molecule has 9 heteroatoms. The molecular formula is C14H23N3O4S2. The molecule has 0 bridgehead atoms. The van der Waals surface area contributed by atoms with Crippen molar-refractivity contribution < 1.29 is 17.9 Å². The molecule has 1 atom stereocenters. The minimum atomic E-state index is -2.98. The van der Waals surface area contributed by atoms with E-state index in [9.17, 15) is 13.2 Å². The molecule has 1 aliphatic rings. The van der Waals surface area contributed by atoms with Crippen molar-refractivity contribution in [3.05, 3.63) is 11.4 Å². The monoisotopic (exact) mass is 361 g/mol. The number of thioether (sulfide) groups is 1. The Balaban J connectivity index is 1.90. The van der Waals surface area contributed by atoms with Crippen LogP contribution in [0.2, 0.25) is 0 Å². The topological polar surface area (TPSA) is 90.3 Å². The Morgan fingerprint density at radius 1 is 1.48 bits per heavy atom. The summed E-state index contributed by atoms with van der Waals surface area (Å²) in [5, 5.41) is 3.57. The number of rotatable bonds is 7. The number of aromatic nitrogens is 2. The SMILES string of the molecule is COCCn1c(SCC(=O)N[C@@H]2CCS(=O)(=O)C2)nc(C)c1C. The Morgan fingerprint density at radius 3 is 2.83 bits per heavy atom. The van der Waals surface area contributed by atoms with E-state index in [4.69, 9.17) is 4.74 Å². The molecular weight excluding hydrogens is 338 g/mol. The van der Waals surface area contributed by atoms with E-state index in [2.05, 4.69) is 10.3 Å². The number of sulfone groups is 1. The molecule has 0 aliphatic carbocycles. The molecule has 2 heterocycles. The maximum absolute atomic E-state index is 12.0. The number of nitrogens with one attached hydrogen (secondary N) is 1. The number of nitrogens with zero attached hydrogens (tertiary/aromatic N) is 2. The van der Waals surface area contributed by atoms with E-state index in [1.165, 1.54) is 11.8 Å². The van der Waals surface area contributed by atoms with E-state index in [1.54, 1.807) is 7.11 Å². The lowest BCUT2D eigenvalue weighted by Crippen LogP contribution is -2.36. The van der Waals surface area contributed by atoms with E-state index in [1.807, 2.05) is 18.4 Å². The van der Waals surface area contributed by atoms with Crippen LogP contribution in [0, 0.1) is 13.8 Å². The van der Waals surface area contributed by atoms with E-state index in [0.717, 1.165) is 16.5 Å². The highest BCUT2D eigenvalue weighted by molar-refractivity contribution is 7.99. The smallest absolute Gasteiger partial charge is 0.230 e. The molecule has 23 heavy (non-hydrogen) atoms. The molecule has 0 spiro atoms. The molecule has 0 aromatic carbocycles. The second kappa shape index (κ2) is 7.67. The number of hydrogen-bond donors (Lipinski definition) is 1. The average Bonchev–Trinajstić information content (AvgIpc) is 2.95. The fraction of sp³-hybridized carbons (Fsp3) is 0.714. The van der Waals surface area contributed by atoms with Crippen LogP contribution in [0.4, 0.5) is 0 Å². The Morgan fingerprint density at radius 2 is 2.22 bits per heavy atom. The van der Waals surface area contributed by atoms with E-state index < -0.39 is 9.84 Å². The summed E-state index contributed by atoms with van der Waals surface area (Å²) in [6, 6.07) is -0.259. The lowest BCUT2D eigenvalue weighted by atomic mass is 10.3. The van der Waals surface area contributed by atoms with Crippen LogP contribution in [0.25, 0.3) is 0 Å². The van der Waals surface area contributed by atoms with Crippen molar-refractivity contribution in [3.8, 4) is 0 Å². The number of aryl methyl sites for hydroxylation is 1. The summed E-state index contributed by atoms with van der Waals surface area (Å²) in [5.41, 5.74) is 2.00. The number of methoxy groups -OCH3 is 1. The van der Waals surface area contributed by atoms with E-state index in [-0.39, 0.29) is 29.2 Å². The third-order valence-corrected chi connectivity index (χ3v) is 6.62. The standard InChI is InChI=1S/C14H23N3O4S2/c1-10-11(2)17(5-6-21-3)14(15-10)22-8-13(18)16-12-4-7-23(19,20)9-12/h12H,4-9H2,1-3H3,(H,16,18)/t12-/m1/s1. The van der Waals surface area contributed by atoms with Crippen molar-refractivity contribution in [1.29, 1.82) is 0 Å². The molecule has 130 valence electrons. The van der Waals surface area contributed by atoms with Gasteiger partial charge in [0.1, 0.15) is 0 Å². The number of carbonyl (C=O) groups is 1. The minimum Gasteiger partial charge on any atom is -0.383 e. The minimum absolute atomic E-state index is 0.0457. The van der Waals surface area contributed by atoms with Gasteiger partial charge >= 0.3 is 0 Å². The van der Waals surface area contributed by atoms with Crippen molar-refractivity contribution in [2.45, 2.75) is 38.0 Å². The van der Waals surface area contributed by atoms with Crippen molar-refractivity contribution in [1.82, 2.24) is 14.9 Å². The van der Waals surface area contributed by atoms with Gasteiger partial charge < -0.3 is 14.6 Å². The van der Waals surface area contributed by atoms with Gasteiger partial charge in [-0.05, 0) is 20.3 Å². The Hall–Kier alpha value is -1.06. The van der Waals surface area contributed by atoms with Crippen molar-refractivity contribution in [2.24, 2.45) is 0 Å². The van der Waals surface area contributed by atoms with E-state index in [0.29, 0.717) is 19.6 Å². The number of hydrogen-bond acceptors (Lipinski definition) is 6. The quantitative estimate of drug-likeness (QED) is 0.713. The predicted octanol–water partition coefficient (Wildman–Crippen LogP) is 0.542. The molecule has 0 unspecified atom stereocenters. The molecule has 1 N–H and O–H groups in total. The summed E-state index contributed by atoms with van der Waals surface area (Å²) in [6.07, 6.45) is 0.499. The summed E-state index contributed by atoms with van der Waals surface area (Å²) in [7, 11) is -1.33. The Kier molecular flexibility index (Phi) is 6.10.